The molecular formula is C9H15Cl3Si. The van der Waals surface area contributed by atoms with E-state index in [1.165, 1.54) is 32.1 Å². The summed E-state index contributed by atoms with van der Waals surface area (Å²) >= 11 is 18.8. The van der Waals surface area contributed by atoms with Crippen LogP contribution in [0.5, 0.6) is 0 Å². The van der Waals surface area contributed by atoms with Crippen LogP contribution in [0.3, 0.4) is 0 Å². The summed E-state index contributed by atoms with van der Waals surface area (Å²) in [6, 6.07) is -2.50. The summed E-state index contributed by atoms with van der Waals surface area (Å²) in [4.78, 5) is 0. The van der Waals surface area contributed by atoms with Crippen LogP contribution in [0.4, 0.5) is 0 Å². The molecule has 0 saturated heterocycles. The minimum absolute atomic E-state index is 0.150. The Balaban J connectivity index is 2.28. The van der Waals surface area contributed by atoms with Gasteiger partial charge in [-0.1, -0.05) is 19.8 Å². The summed E-state index contributed by atoms with van der Waals surface area (Å²) in [5.74, 6) is 1.57. The predicted molar refractivity (Wildman–Crippen MR) is 61.7 cm³/mol. The first kappa shape index (κ1) is 10.6. The molecule has 0 N–H and O–H groups in total. The van der Waals surface area contributed by atoms with Gasteiger partial charge in [0.2, 0.25) is 0 Å². The van der Waals surface area contributed by atoms with Crippen LogP contribution >= 0.6 is 33.2 Å². The lowest BCUT2D eigenvalue weighted by molar-refractivity contribution is 0.335. The standard InChI is InChI=1S/C9H15Cl3Si/c1-2-8-5-7-3-4-9(8,6-7)13(10,11)12/h7-8H,2-6H2,1H3. The summed E-state index contributed by atoms with van der Waals surface area (Å²) in [6.07, 6.45) is 6.19. The molecule has 0 radical (unpaired) electrons. The molecule has 2 aliphatic rings. The number of hydrogen-bond acceptors (Lipinski definition) is 0. The van der Waals surface area contributed by atoms with Crippen molar-refractivity contribution in [2.75, 3.05) is 0 Å². The Morgan fingerprint density at radius 1 is 1.38 bits per heavy atom. The van der Waals surface area contributed by atoms with Crippen LogP contribution in [0.1, 0.15) is 39.0 Å². The molecule has 13 heavy (non-hydrogen) atoms. The molecular weight excluding hydrogens is 243 g/mol. The number of fused-ring (bicyclic) bond motifs is 2. The first-order valence-electron chi connectivity index (χ1n) is 5.06. The van der Waals surface area contributed by atoms with Gasteiger partial charge in [0.25, 0.3) is 0 Å². The van der Waals surface area contributed by atoms with E-state index >= 15 is 0 Å². The summed E-state index contributed by atoms with van der Waals surface area (Å²) in [5, 5.41) is 0.150. The van der Waals surface area contributed by atoms with Crippen LogP contribution in [0.2, 0.25) is 5.04 Å². The minimum atomic E-state index is -2.50. The van der Waals surface area contributed by atoms with E-state index in [0.717, 1.165) is 5.92 Å². The number of halogens is 3. The van der Waals surface area contributed by atoms with E-state index in [0.29, 0.717) is 5.92 Å². The van der Waals surface area contributed by atoms with Gasteiger partial charge >= 0.3 is 6.00 Å². The smallest absolute Gasteiger partial charge is 0.125 e. The highest BCUT2D eigenvalue weighted by Gasteiger charge is 2.62. The highest BCUT2D eigenvalue weighted by atomic mass is 35.8. The Bertz CT molecular complexity index is 213. The molecule has 2 aliphatic carbocycles. The van der Waals surface area contributed by atoms with Crippen LogP contribution in [0.25, 0.3) is 0 Å². The van der Waals surface area contributed by atoms with Crippen LogP contribution in [0.15, 0.2) is 0 Å². The van der Waals surface area contributed by atoms with Gasteiger partial charge in [-0.05, 0) is 31.1 Å². The van der Waals surface area contributed by atoms with Crippen molar-refractivity contribution in [3.05, 3.63) is 0 Å². The Morgan fingerprint density at radius 2 is 2.08 bits per heavy atom. The largest absolute Gasteiger partial charge is 0.347 e. The van der Waals surface area contributed by atoms with Crippen molar-refractivity contribution in [1.29, 1.82) is 0 Å². The van der Waals surface area contributed by atoms with E-state index in [-0.39, 0.29) is 5.04 Å². The maximum atomic E-state index is 6.27. The Hall–Kier alpha value is 1.09. The van der Waals surface area contributed by atoms with Gasteiger partial charge in [-0.2, -0.15) is 0 Å². The normalized spacial score (nSPS) is 44.3. The van der Waals surface area contributed by atoms with E-state index in [4.69, 9.17) is 33.2 Å². The maximum absolute atomic E-state index is 6.27. The van der Waals surface area contributed by atoms with E-state index in [2.05, 4.69) is 6.92 Å². The summed E-state index contributed by atoms with van der Waals surface area (Å²) in [5.41, 5.74) is 0. The van der Waals surface area contributed by atoms with Crippen LogP contribution in [-0.2, 0) is 0 Å². The second-order valence-corrected chi connectivity index (χ2v) is 13.4. The number of rotatable bonds is 2. The SMILES string of the molecule is CCC1CC2CCC1([Si](Cl)(Cl)Cl)C2. The summed E-state index contributed by atoms with van der Waals surface area (Å²) in [7, 11) is 0. The molecule has 3 unspecified atom stereocenters. The van der Waals surface area contributed by atoms with Crippen LogP contribution < -0.4 is 0 Å². The fourth-order valence-electron chi connectivity index (χ4n) is 3.43. The molecule has 0 aliphatic heterocycles. The minimum Gasteiger partial charge on any atom is -0.125 e. The lowest BCUT2D eigenvalue weighted by atomic mass is 9.86. The zero-order chi connectivity index (χ0) is 9.69. The van der Waals surface area contributed by atoms with Crippen molar-refractivity contribution in [3.63, 3.8) is 0 Å². The molecule has 0 aromatic rings. The van der Waals surface area contributed by atoms with Crippen molar-refractivity contribution < 1.29 is 0 Å². The first-order chi connectivity index (χ1) is 5.99. The molecule has 0 amide bonds. The van der Waals surface area contributed by atoms with Gasteiger partial charge in [0, 0.05) is 5.04 Å². The molecule has 4 heteroatoms. The van der Waals surface area contributed by atoms with Gasteiger partial charge in [0.05, 0.1) is 0 Å². The maximum Gasteiger partial charge on any atom is 0.347 e. The van der Waals surface area contributed by atoms with E-state index in [1.54, 1.807) is 0 Å². The first-order valence-corrected chi connectivity index (χ1v) is 10.1. The molecule has 0 heterocycles. The predicted octanol–water partition coefficient (Wildman–Crippen LogP) is 4.61. The van der Waals surface area contributed by atoms with Crippen molar-refractivity contribution >= 4 is 39.2 Å². The molecule has 3 atom stereocenters. The lowest BCUT2D eigenvalue weighted by Gasteiger charge is -2.38. The van der Waals surface area contributed by atoms with Gasteiger partial charge in [-0.25, -0.2) is 0 Å². The molecule has 2 fully saturated rings. The van der Waals surface area contributed by atoms with Gasteiger partial charge in [-0.15, -0.1) is 33.2 Å². The van der Waals surface area contributed by atoms with Crippen molar-refractivity contribution in [2.24, 2.45) is 11.8 Å². The van der Waals surface area contributed by atoms with Crippen molar-refractivity contribution in [2.45, 2.75) is 44.1 Å². The molecule has 0 spiro atoms. The topological polar surface area (TPSA) is 0 Å². The zero-order valence-electron chi connectivity index (χ0n) is 7.82. The third kappa shape index (κ3) is 1.47. The Kier molecular flexibility index (Phi) is 2.69. The average molecular weight is 258 g/mol. The quantitative estimate of drug-likeness (QED) is 0.500. The molecule has 0 nitrogen and oxygen atoms in total. The van der Waals surface area contributed by atoms with Crippen molar-refractivity contribution in [3.8, 4) is 0 Å². The zero-order valence-corrected chi connectivity index (χ0v) is 11.1. The second kappa shape index (κ2) is 3.30. The molecule has 2 saturated carbocycles. The fourth-order valence-corrected chi connectivity index (χ4v) is 8.09. The molecule has 2 rings (SSSR count). The van der Waals surface area contributed by atoms with Gasteiger partial charge in [0.1, 0.15) is 0 Å². The monoisotopic (exact) mass is 256 g/mol. The average Bonchev–Trinajstić information content (AvgIpc) is 2.59. The van der Waals surface area contributed by atoms with Crippen molar-refractivity contribution in [1.82, 2.24) is 0 Å². The van der Waals surface area contributed by atoms with E-state index in [1.807, 2.05) is 0 Å². The molecule has 76 valence electrons. The van der Waals surface area contributed by atoms with E-state index < -0.39 is 6.00 Å². The van der Waals surface area contributed by atoms with Gasteiger partial charge in [0.15, 0.2) is 0 Å². The van der Waals surface area contributed by atoms with Crippen LogP contribution in [-0.4, -0.2) is 6.00 Å². The third-order valence-electron chi connectivity index (χ3n) is 4.11. The Morgan fingerprint density at radius 3 is 2.46 bits per heavy atom. The second-order valence-electron chi connectivity index (χ2n) is 4.60. The van der Waals surface area contributed by atoms with Gasteiger partial charge in [-0.3, -0.25) is 0 Å². The fraction of sp³-hybridized carbons (Fsp3) is 1.00. The highest BCUT2D eigenvalue weighted by Crippen LogP contribution is 2.70. The highest BCUT2D eigenvalue weighted by molar-refractivity contribution is 7.65. The summed E-state index contributed by atoms with van der Waals surface area (Å²) < 4.78 is 0. The lowest BCUT2D eigenvalue weighted by Crippen LogP contribution is -2.35. The van der Waals surface area contributed by atoms with E-state index in [9.17, 15) is 0 Å². The summed E-state index contributed by atoms with van der Waals surface area (Å²) in [6.45, 7) is 2.23. The molecule has 0 aromatic heterocycles. The Labute approximate surface area is 95.1 Å². The molecule has 2 bridgehead atoms. The molecule has 0 aromatic carbocycles. The van der Waals surface area contributed by atoms with Gasteiger partial charge < -0.3 is 0 Å². The number of hydrogen-bond donors (Lipinski definition) is 0. The van der Waals surface area contributed by atoms with Crippen LogP contribution in [0, 0.1) is 11.8 Å². The third-order valence-corrected chi connectivity index (χ3v) is 9.49.